The fraction of sp³-hybridized carbons (Fsp3) is 0.350. The van der Waals surface area contributed by atoms with Gasteiger partial charge >= 0.3 is 0 Å². The number of anilines is 1. The standard InChI is InChI=1S/C20H22ClNO2/c1-13-7-9-17(21)12-19(13)22-20(23)14(2)24-18-10-8-15-5-3-4-6-16(15)11-18/h7-12,14H,3-6H2,1-2H3,(H,22,23)/t14-/m1/s1. The van der Waals surface area contributed by atoms with Gasteiger partial charge in [0, 0.05) is 10.7 Å². The molecule has 1 N–H and O–H groups in total. The van der Waals surface area contributed by atoms with Crippen LogP contribution in [-0.4, -0.2) is 12.0 Å². The van der Waals surface area contributed by atoms with E-state index in [1.165, 1.54) is 24.0 Å². The van der Waals surface area contributed by atoms with E-state index in [-0.39, 0.29) is 5.91 Å². The van der Waals surface area contributed by atoms with Crippen LogP contribution in [0.2, 0.25) is 5.02 Å². The van der Waals surface area contributed by atoms with Gasteiger partial charge in [0.25, 0.3) is 5.91 Å². The van der Waals surface area contributed by atoms with E-state index in [1.807, 2.05) is 19.1 Å². The minimum absolute atomic E-state index is 0.182. The first-order chi connectivity index (χ1) is 11.5. The molecule has 24 heavy (non-hydrogen) atoms. The van der Waals surface area contributed by atoms with E-state index in [9.17, 15) is 4.79 Å². The molecule has 0 heterocycles. The Morgan fingerprint density at radius 2 is 1.88 bits per heavy atom. The van der Waals surface area contributed by atoms with Gasteiger partial charge in [-0.05, 0) is 80.5 Å². The zero-order valence-corrected chi connectivity index (χ0v) is 14.8. The highest BCUT2D eigenvalue weighted by Gasteiger charge is 2.17. The van der Waals surface area contributed by atoms with Crippen LogP contribution in [0.4, 0.5) is 5.69 Å². The average molecular weight is 344 g/mol. The van der Waals surface area contributed by atoms with Crippen LogP contribution in [0.1, 0.15) is 36.5 Å². The smallest absolute Gasteiger partial charge is 0.265 e. The van der Waals surface area contributed by atoms with Crippen LogP contribution >= 0.6 is 11.6 Å². The van der Waals surface area contributed by atoms with E-state index in [0.29, 0.717) is 10.7 Å². The second-order valence-electron chi connectivity index (χ2n) is 6.35. The Labute approximate surface area is 148 Å². The fourth-order valence-electron chi connectivity index (χ4n) is 3.00. The lowest BCUT2D eigenvalue weighted by atomic mass is 9.92. The first kappa shape index (κ1) is 16.8. The molecule has 0 fully saturated rings. The number of aryl methyl sites for hydroxylation is 3. The van der Waals surface area contributed by atoms with Gasteiger partial charge < -0.3 is 10.1 Å². The number of nitrogens with one attached hydrogen (secondary N) is 1. The summed E-state index contributed by atoms with van der Waals surface area (Å²) in [6, 6.07) is 11.6. The normalized spacial score (nSPS) is 14.6. The van der Waals surface area contributed by atoms with E-state index >= 15 is 0 Å². The van der Waals surface area contributed by atoms with Crippen LogP contribution in [0.3, 0.4) is 0 Å². The van der Waals surface area contributed by atoms with Gasteiger partial charge in [-0.1, -0.05) is 23.7 Å². The van der Waals surface area contributed by atoms with Crippen molar-refractivity contribution in [3.8, 4) is 5.75 Å². The molecule has 2 aromatic rings. The molecule has 3 rings (SSSR count). The van der Waals surface area contributed by atoms with Gasteiger partial charge in [-0.2, -0.15) is 0 Å². The predicted octanol–water partition coefficient (Wildman–Crippen LogP) is 4.93. The van der Waals surface area contributed by atoms with Gasteiger partial charge in [0.1, 0.15) is 5.75 Å². The van der Waals surface area contributed by atoms with Crippen LogP contribution in [0, 0.1) is 6.92 Å². The molecule has 0 radical (unpaired) electrons. The van der Waals surface area contributed by atoms with Crippen molar-refractivity contribution in [3.63, 3.8) is 0 Å². The van der Waals surface area contributed by atoms with Gasteiger partial charge in [-0.15, -0.1) is 0 Å². The largest absolute Gasteiger partial charge is 0.481 e. The molecule has 2 aromatic carbocycles. The molecule has 0 unspecified atom stereocenters. The van der Waals surface area contributed by atoms with Crippen LogP contribution in [-0.2, 0) is 17.6 Å². The molecule has 0 spiro atoms. The van der Waals surface area contributed by atoms with Crippen molar-refractivity contribution in [2.45, 2.75) is 45.6 Å². The average Bonchev–Trinajstić information content (AvgIpc) is 2.58. The highest BCUT2D eigenvalue weighted by Crippen LogP contribution is 2.26. The monoisotopic (exact) mass is 343 g/mol. The van der Waals surface area contributed by atoms with Gasteiger partial charge in [-0.3, -0.25) is 4.79 Å². The molecule has 1 amide bonds. The molecular formula is C20H22ClNO2. The van der Waals surface area contributed by atoms with Crippen LogP contribution < -0.4 is 10.1 Å². The van der Waals surface area contributed by atoms with Crippen molar-refractivity contribution < 1.29 is 9.53 Å². The number of halogens is 1. The van der Waals surface area contributed by atoms with Gasteiger partial charge in [0.05, 0.1) is 0 Å². The highest BCUT2D eigenvalue weighted by molar-refractivity contribution is 6.31. The zero-order chi connectivity index (χ0) is 17.1. The predicted molar refractivity (Wildman–Crippen MR) is 98.0 cm³/mol. The SMILES string of the molecule is Cc1ccc(Cl)cc1NC(=O)[C@@H](C)Oc1ccc2c(c1)CCCC2. The Morgan fingerprint density at radius 1 is 1.12 bits per heavy atom. The Balaban J connectivity index is 1.67. The summed E-state index contributed by atoms with van der Waals surface area (Å²) in [6.07, 6.45) is 4.13. The molecule has 1 aliphatic carbocycles. The van der Waals surface area contributed by atoms with E-state index in [1.54, 1.807) is 19.1 Å². The lowest BCUT2D eigenvalue weighted by Crippen LogP contribution is -2.30. The Kier molecular flexibility index (Phi) is 5.10. The number of carbonyl (C=O) groups is 1. The van der Waals surface area contributed by atoms with Crippen molar-refractivity contribution in [1.29, 1.82) is 0 Å². The second-order valence-corrected chi connectivity index (χ2v) is 6.78. The maximum absolute atomic E-state index is 12.4. The van der Waals surface area contributed by atoms with Crippen molar-refractivity contribution in [2.24, 2.45) is 0 Å². The minimum atomic E-state index is -0.579. The number of rotatable bonds is 4. The summed E-state index contributed by atoms with van der Waals surface area (Å²) < 4.78 is 5.84. The van der Waals surface area contributed by atoms with Crippen LogP contribution in [0.5, 0.6) is 5.75 Å². The van der Waals surface area contributed by atoms with Crippen LogP contribution in [0.15, 0.2) is 36.4 Å². The summed E-state index contributed by atoms with van der Waals surface area (Å²) in [5, 5.41) is 3.48. The summed E-state index contributed by atoms with van der Waals surface area (Å²) >= 11 is 5.99. The molecule has 0 saturated heterocycles. The van der Waals surface area contributed by atoms with E-state index in [4.69, 9.17) is 16.3 Å². The van der Waals surface area contributed by atoms with Crippen molar-refractivity contribution >= 4 is 23.2 Å². The molecule has 0 aromatic heterocycles. The van der Waals surface area contributed by atoms with Crippen molar-refractivity contribution in [3.05, 3.63) is 58.1 Å². The topological polar surface area (TPSA) is 38.3 Å². The van der Waals surface area contributed by atoms with E-state index in [0.717, 1.165) is 24.2 Å². The number of amides is 1. The van der Waals surface area contributed by atoms with Gasteiger partial charge in [0.2, 0.25) is 0 Å². The summed E-state index contributed by atoms with van der Waals surface area (Å²) in [7, 11) is 0. The molecule has 3 nitrogen and oxygen atoms in total. The van der Waals surface area contributed by atoms with E-state index < -0.39 is 6.10 Å². The second kappa shape index (κ2) is 7.27. The molecule has 1 aliphatic rings. The molecule has 1 atom stereocenters. The third kappa shape index (κ3) is 3.90. The summed E-state index contributed by atoms with van der Waals surface area (Å²) in [6.45, 7) is 3.69. The van der Waals surface area contributed by atoms with E-state index in [2.05, 4.69) is 17.4 Å². The molecule has 4 heteroatoms. The quantitative estimate of drug-likeness (QED) is 0.854. The van der Waals surface area contributed by atoms with Gasteiger partial charge in [0.15, 0.2) is 6.10 Å². The minimum Gasteiger partial charge on any atom is -0.481 e. The first-order valence-electron chi connectivity index (χ1n) is 8.38. The molecule has 126 valence electrons. The number of fused-ring (bicyclic) bond motifs is 1. The number of hydrogen-bond acceptors (Lipinski definition) is 2. The number of ether oxygens (including phenoxy) is 1. The number of carbonyl (C=O) groups excluding carboxylic acids is 1. The highest BCUT2D eigenvalue weighted by atomic mass is 35.5. The Bertz CT molecular complexity index is 757. The maximum Gasteiger partial charge on any atom is 0.265 e. The first-order valence-corrected chi connectivity index (χ1v) is 8.76. The van der Waals surface area contributed by atoms with Gasteiger partial charge in [-0.25, -0.2) is 0 Å². The van der Waals surface area contributed by atoms with Crippen molar-refractivity contribution in [2.75, 3.05) is 5.32 Å². The number of hydrogen-bond donors (Lipinski definition) is 1. The fourth-order valence-corrected chi connectivity index (χ4v) is 3.18. The Morgan fingerprint density at radius 3 is 2.67 bits per heavy atom. The summed E-state index contributed by atoms with van der Waals surface area (Å²) in [5.41, 5.74) is 4.43. The summed E-state index contributed by atoms with van der Waals surface area (Å²) in [4.78, 5) is 12.4. The third-order valence-corrected chi connectivity index (χ3v) is 4.69. The molecular weight excluding hydrogens is 322 g/mol. The van der Waals surface area contributed by atoms with Crippen molar-refractivity contribution in [1.82, 2.24) is 0 Å². The molecule has 0 saturated carbocycles. The third-order valence-electron chi connectivity index (χ3n) is 4.46. The Hall–Kier alpha value is -2.00. The van der Waals surface area contributed by atoms with Crippen LogP contribution in [0.25, 0.3) is 0 Å². The molecule has 0 bridgehead atoms. The lowest BCUT2D eigenvalue weighted by Gasteiger charge is -2.19. The number of benzene rings is 2. The zero-order valence-electron chi connectivity index (χ0n) is 14.1. The maximum atomic E-state index is 12.4. The molecule has 0 aliphatic heterocycles. The summed E-state index contributed by atoms with van der Waals surface area (Å²) in [5.74, 6) is 0.569. The lowest BCUT2D eigenvalue weighted by molar-refractivity contribution is -0.122.